The molecule has 0 bridgehead atoms. The molecule has 1 aliphatic heterocycles. The van der Waals surface area contributed by atoms with Gasteiger partial charge in [0.1, 0.15) is 0 Å². The highest BCUT2D eigenvalue weighted by molar-refractivity contribution is 5.82. The fourth-order valence-corrected chi connectivity index (χ4v) is 2.33. The maximum Gasteiger partial charge on any atom is 0.310 e. The Morgan fingerprint density at radius 3 is 2.26 bits per heavy atom. The van der Waals surface area contributed by atoms with Crippen LogP contribution in [-0.2, 0) is 14.3 Å². The van der Waals surface area contributed by atoms with Crippen LogP contribution in [0.1, 0.15) is 39.5 Å². The molecular weight excluding hydrogens is 244 g/mol. The third-order valence-corrected chi connectivity index (χ3v) is 3.75. The van der Waals surface area contributed by atoms with E-state index in [9.17, 15) is 9.59 Å². The van der Waals surface area contributed by atoms with Gasteiger partial charge < -0.3 is 10.1 Å². The molecule has 5 heteroatoms. The van der Waals surface area contributed by atoms with Crippen LogP contribution in [0.2, 0.25) is 0 Å². The molecule has 1 saturated heterocycles. The Balaban J connectivity index is 2.37. The van der Waals surface area contributed by atoms with Crippen molar-refractivity contribution in [3.05, 3.63) is 0 Å². The van der Waals surface area contributed by atoms with Crippen molar-refractivity contribution in [1.29, 1.82) is 0 Å². The van der Waals surface area contributed by atoms with Crippen LogP contribution in [0, 0.1) is 5.92 Å². The second-order valence-electron chi connectivity index (χ2n) is 5.30. The summed E-state index contributed by atoms with van der Waals surface area (Å²) in [7, 11) is 1.36. The number of carbonyl (C=O) groups excluding carboxylic acids is 2. The summed E-state index contributed by atoms with van der Waals surface area (Å²) < 4.78 is 4.64. The average molecular weight is 270 g/mol. The van der Waals surface area contributed by atoms with E-state index in [4.69, 9.17) is 0 Å². The molecule has 0 aromatic rings. The molecule has 1 heterocycles. The van der Waals surface area contributed by atoms with Gasteiger partial charge in [0.15, 0.2) is 0 Å². The quantitative estimate of drug-likeness (QED) is 0.762. The number of nitrogens with one attached hydrogen (secondary N) is 1. The first-order valence-electron chi connectivity index (χ1n) is 7.16. The van der Waals surface area contributed by atoms with Gasteiger partial charge in [-0.1, -0.05) is 19.8 Å². The molecule has 2 atom stereocenters. The van der Waals surface area contributed by atoms with Crippen molar-refractivity contribution < 1.29 is 14.3 Å². The van der Waals surface area contributed by atoms with Crippen molar-refractivity contribution in [2.45, 2.75) is 45.6 Å². The molecule has 19 heavy (non-hydrogen) atoms. The predicted octanol–water partition coefficient (Wildman–Crippen LogP) is 1.18. The van der Waals surface area contributed by atoms with Crippen molar-refractivity contribution in [3.8, 4) is 0 Å². The van der Waals surface area contributed by atoms with E-state index in [1.165, 1.54) is 20.0 Å². The number of esters is 1. The largest absolute Gasteiger partial charge is 0.469 e. The molecule has 0 spiro atoms. The van der Waals surface area contributed by atoms with E-state index in [0.717, 1.165) is 25.9 Å². The van der Waals surface area contributed by atoms with Gasteiger partial charge in [-0.2, -0.15) is 0 Å². The third-order valence-electron chi connectivity index (χ3n) is 3.75. The molecule has 0 aromatic carbocycles. The molecule has 0 aromatic heterocycles. The molecule has 1 rings (SSSR count). The number of ether oxygens (including phenoxy) is 1. The topological polar surface area (TPSA) is 58.6 Å². The van der Waals surface area contributed by atoms with E-state index in [-0.39, 0.29) is 23.8 Å². The number of rotatable bonds is 5. The molecule has 0 aliphatic carbocycles. The zero-order valence-corrected chi connectivity index (χ0v) is 12.3. The second kappa shape index (κ2) is 8.15. The maximum absolute atomic E-state index is 12.1. The van der Waals surface area contributed by atoms with E-state index in [1.807, 2.05) is 6.92 Å². The second-order valence-corrected chi connectivity index (χ2v) is 5.30. The molecule has 1 amide bonds. The zero-order valence-electron chi connectivity index (χ0n) is 12.3. The Morgan fingerprint density at radius 1 is 1.16 bits per heavy atom. The van der Waals surface area contributed by atoms with Crippen LogP contribution in [0.5, 0.6) is 0 Å². The van der Waals surface area contributed by atoms with Crippen LogP contribution in [0.25, 0.3) is 0 Å². The third kappa shape index (κ3) is 5.19. The van der Waals surface area contributed by atoms with E-state index in [2.05, 4.69) is 15.0 Å². The van der Waals surface area contributed by atoms with Crippen molar-refractivity contribution in [1.82, 2.24) is 10.2 Å². The molecule has 5 nitrogen and oxygen atoms in total. The van der Waals surface area contributed by atoms with Crippen LogP contribution in [-0.4, -0.2) is 49.6 Å². The SMILES string of the molecule is COC(=O)[C@@H](C)CNC(=O)[C@@H](C)N1CCCCCC1. The number of hydrogen-bond donors (Lipinski definition) is 1. The highest BCUT2D eigenvalue weighted by Crippen LogP contribution is 2.12. The lowest BCUT2D eigenvalue weighted by molar-refractivity contribution is -0.144. The van der Waals surface area contributed by atoms with Crippen molar-refractivity contribution >= 4 is 11.9 Å². The number of amides is 1. The zero-order chi connectivity index (χ0) is 14.3. The highest BCUT2D eigenvalue weighted by Gasteiger charge is 2.23. The van der Waals surface area contributed by atoms with Gasteiger partial charge in [0, 0.05) is 6.54 Å². The molecule has 1 fully saturated rings. The maximum atomic E-state index is 12.1. The minimum Gasteiger partial charge on any atom is -0.469 e. The van der Waals surface area contributed by atoms with Crippen molar-refractivity contribution in [2.24, 2.45) is 5.92 Å². The van der Waals surface area contributed by atoms with E-state index in [0.29, 0.717) is 6.54 Å². The first-order chi connectivity index (χ1) is 9.06. The van der Waals surface area contributed by atoms with Crippen molar-refractivity contribution in [2.75, 3.05) is 26.7 Å². The van der Waals surface area contributed by atoms with Crippen molar-refractivity contribution in [3.63, 3.8) is 0 Å². The Morgan fingerprint density at radius 2 is 1.74 bits per heavy atom. The summed E-state index contributed by atoms with van der Waals surface area (Å²) in [6, 6.07) is -0.122. The number of nitrogens with zero attached hydrogens (tertiary/aromatic N) is 1. The molecule has 1 aliphatic rings. The molecule has 0 saturated carbocycles. The summed E-state index contributed by atoms with van der Waals surface area (Å²) in [6.45, 7) is 6.00. The van der Waals surface area contributed by atoms with Gasteiger partial charge in [0.2, 0.25) is 5.91 Å². The van der Waals surface area contributed by atoms with Crippen LogP contribution in [0.3, 0.4) is 0 Å². The Kier molecular flexibility index (Phi) is 6.84. The van der Waals surface area contributed by atoms with Gasteiger partial charge in [-0.15, -0.1) is 0 Å². The van der Waals surface area contributed by atoms with Crippen LogP contribution in [0.15, 0.2) is 0 Å². The number of methoxy groups -OCH3 is 1. The van der Waals surface area contributed by atoms with Gasteiger partial charge in [-0.3, -0.25) is 14.5 Å². The Hall–Kier alpha value is -1.10. The summed E-state index contributed by atoms with van der Waals surface area (Å²) in [5.74, 6) is -0.592. The standard InChI is InChI=1S/C14H26N2O3/c1-11(14(18)19-3)10-15-13(17)12(2)16-8-6-4-5-7-9-16/h11-12H,4-10H2,1-3H3,(H,15,17)/t11-,12+/m0/s1. The van der Waals surface area contributed by atoms with Crippen LogP contribution in [0.4, 0.5) is 0 Å². The van der Waals surface area contributed by atoms with Gasteiger partial charge in [-0.05, 0) is 32.9 Å². The van der Waals surface area contributed by atoms with Gasteiger partial charge in [0.05, 0.1) is 19.1 Å². The van der Waals surface area contributed by atoms with Gasteiger partial charge in [-0.25, -0.2) is 0 Å². The lowest BCUT2D eigenvalue weighted by Crippen LogP contribution is -2.47. The van der Waals surface area contributed by atoms with E-state index < -0.39 is 0 Å². The van der Waals surface area contributed by atoms with E-state index in [1.54, 1.807) is 6.92 Å². The number of carbonyl (C=O) groups is 2. The summed E-state index contributed by atoms with van der Waals surface area (Å²) in [5.41, 5.74) is 0. The van der Waals surface area contributed by atoms with Gasteiger partial charge in [0.25, 0.3) is 0 Å². The minimum absolute atomic E-state index is 0.00217. The number of likely N-dealkylation sites (tertiary alicyclic amines) is 1. The number of hydrogen-bond acceptors (Lipinski definition) is 4. The fourth-order valence-electron chi connectivity index (χ4n) is 2.33. The average Bonchev–Trinajstić information content (AvgIpc) is 2.71. The normalized spacial score (nSPS) is 20.2. The summed E-state index contributed by atoms with van der Waals surface area (Å²) in [4.78, 5) is 25.5. The monoisotopic (exact) mass is 270 g/mol. The lowest BCUT2D eigenvalue weighted by atomic mass is 10.1. The molecule has 110 valence electrons. The summed E-state index contributed by atoms with van der Waals surface area (Å²) >= 11 is 0. The molecule has 1 N–H and O–H groups in total. The molecule has 0 unspecified atom stereocenters. The minimum atomic E-state index is -0.301. The van der Waals surface area contributed by atoms with E-state index >= 15 is 0 Å². The lowest BCUT2D eigenvalue weighted by Gasteiger charge is -2.26. The Labute approximate surface area is 115 Å². The summed E-state index contributed by atoms with van der Waals surface area (Å²) in [5, 5.41) is 2.83. The predicted molar refractivity (Wildman–Crippen MR) is 73.7 cm³/mol. The molecular formula is C14H26N2O3. The summed E-state index contributed by atoms with van der Waals surface area (Å²) in [6.07, 6.45) is 4.83. The first kappa shape index (κ1) is 16.0. The first-order valence-corrected chi connectivity index (χ1v) is 7.16. The molecule has 0 radical (unpaired) electrons. The van der Waals surface area contributed by atoms with Crippen LogP contribution >= 0.6 is 0 Å². The fraction of sp³-hybridized carbons (Fsp3) is 0.857. The van der Waals surface area contributed by atoms with Gasteiger partial charge >= 0.3 is 5.97 Å². The Bertz CT molecular complexity index is 299. The smallest absolute Gasteiger partial charge is 0.310 e. The van der Waals surface area contributed by atoms with Crippen LogP contribution < -0.4 is 5.32 Å². The highest BCUT2D eigenvalue weighted by atomic mass is 16.5.